The van der Waals surface area contributed by atoms with E-state index in [1.807, 2.05) is 30.3 Å². The molecular formula is C15H14N2O3. The van der Waals surface area contributed by atoms with Gasteiger partial charge in [-0.3, -0.25) is 14.8 Å². The Morgan fingerprint density at radius 3 is 2.05 bits per heavy atom. The molecule has 2 N–H and O–H groups in total. The number of benzene rings is 2. The maximum absolute atomic E-state index is 12.3. The summed E-state index contributed by atoms with van der Waals surface area (Å²) in [5.41, 5.74) is 3.08. The van der Waals surface area contributed by atoms with Crippen molar-refractivity contribution in [3.05, 3.63) is 65.7 Å². The number of hydroxylamine groups is 1. The highest BCUT2D eigenvalue weighted by molar-refractivity contribution is 6.06. The molecule has 0 aliphatic rings. The first-order valence-electron chi connectivity index (χ1n) is 6.01. The fourth-order valence-corrected chi connectivity index (χ4v) is 1.79. The summed E-state index contributed by atoms with van der Waals surface area (Å²) >= 11 is 0. The number of nitrogens with zero attached hydrogens (tertiary/aromatic N) is 1. The van der Waals surface area contributed by atoms with Crippen molar-refractivity contribution in [3.8, 4) is 0 Å². The van der Waals surface area contributed by atoms with Crippen molar-refractivity contribution >= 4 is 17.5 Å². The minimum absolute atomic E-state index is 0.174. The molecule has 2 aromatic rings. The molecule has 2 aromatic carbocycles. The first kappa shape index (κ1) is 13.8. The van der Waals surface area contributed by atoms with Gasteiger partial charge in [0.1, 0.15) is 0 Å². The summed E-state index contributed by atoms with van der Waals surface area (Å²) in [6.45, 7) is 0. The zero-order valence-electron chi connectivity index (χ0n) is 10.9. The summed E-state index contributed by atoms with van der Waals surface area (Å²) < 4.78 is 0. The van der Waals surface area contributed by atoms with Crippen molar-refractivity contribution in [1.82, 2.24) is 5.48 Å². The second kappa shape index (κ2) is 5.99. The van der Waals surface area contributed by atoms with Gasteiger partial charge >= 0.3 is 0 Å². The molecule has 0 spiro atoms. The molecular weight excluding hydrogens is 256 g/mol. The van der Waals surface area contributed by atoms with Gasteiger partial charge in [-0.05, 0) is 36.4 Å². The van der Waals surface area contributed by atoms with Crippen molar-refractivity contribution in [2.24, 2.45) is 0 Å². The Kier molecular flexibility index (Phi) is 4.12. The summed E-state index contributed by atoms with van der Waals surface area (Å²) in [5.74, 6) is -0.785. The molecule has 2 rings (SSSR count). The van der Waals surface area contributed by atoms with Gasteiger partial charge in [-0.15, -0.1) is 0 Å². The first-order chi connectivity index (χ1) is 9.63. The lowest BCUT2D eigenvalue weighted by Gasteiger charge is -2.17. The number of hydrogen-bond acceptors (Lipinski definition) is 3. The minimum atomic E-state index is -0.611. The lowest BCUT2D eigenvalue weighted by atomic mass is 10.1. The van der Waals surface area contributed by atoms with Gasteiger partial charge in [-0.25, -0.2) is 5.48 Å². The molecule has 0 aliphatic carbocycles. The number of rotatable bonds is 3. The predicted molar refractivity (Wildman–Crippen MR) is 74.9 cm³/mol. The summed E-state index contributed by atoms with van der Waals surface area (Å²) in [7, 11) is 1.69. The molecule has 0 fully saturated rings. The van der Waals surface area contributed by atoms with Gasteiger partial charge in [0.15, 0.2) is 0 Å². The van der Waals surface area contributed by atoms with E-state index in [9.17, 15) is 9.59 Å². The topological polar surface area (TPSA) is 69.6 Å². The molecule has 5 nitrogen and oxygen atoms in total. The van der Waals surface area contributed by atoms with E-state index in [4.69, 9.17) is 5.21 Å². The fraction of sp³-hybridized carbons (Fsp3) is 0.0667. The normalized spacial score (nSPS) is 9.90. The molecule has 0 bridgehead atoms. The number of amides is 2. The molecule has 2 amide bonds. The average molecular weight is 270 g/mol. The fourth-order valence-electron chi connectivity index (χ4n) is 1.79. The Morgan fingerprint density at radius 1 is 0.950 bits per heavy atom. The molecule has 0 heterocycles. The SMILES string of the molecule is CN(C(=O)c1ccc(C(=O)NO)cc1)c1ccccc1. The summed E-state index contributed by atoms with van der Waals surface area (Å²) in [6, 6.07) is 15.3. The molecule has 0 saturated carbocycles. The van der Waals surface area contributed by atoms with E-state index in [1.54, 1.807) is 24.7 Å². The van der Waals surface area contributed by atoms with Crippen LogP contribution in [0.1, 0.15) is 20.7 Å². The van der Waals surface area contributed by atoms with E-state index in [0.29, 0.717) is 5.56 Å². The molecule has 0 atom stereocenters. The average Bonchev–Trinajstić information content (AvgIpc) is 2.53. The Balaban J connectivity index is 2.19. The zero-order chi connectivity index (χ0) is 14.5. The van der Waals surface area contributed by atoms with Crippen molar-refractivity contribution in [1.29, 1.82) is 0 Å². The van der Waals surface area contributed by atoms with Gasteiger partial charge in [0.25, 0.3) is 11.8 Å². The highest BCUT2D eigenvalue weighted by atomic mass is 16.5. The Hall–Kier alpha value is -2.66. The van der Waals surface area contributed by atoms with Crippen LogP contribution >= 0.6 is 0 Å². The lowest BCUT2D eigenvalue weighted by Crippen LogP contribution is -2.26. The second-order valence-electron chi connectivity index (χ2n) is 4.22. The van der Waals surface area contributed by atoms with Crippen LogP contribution in [0, 0.1) is 0 Å². The predicted octanol–water partition coefficient (Wildman–Crippen LogP) is 2.08. The molecule has 5 heteroatoms. The maximum Gasteiger partial charge on any atom is 0.274 e. The van der Waals surface area contributed by atoms with E-state index in [2.05, 4.69) is 0 Å². The van der Waals surface area contributed by atoms with Crippen molar-refractivity contribution in [2.75, 3.05) is 11.9 Å². The third kappa shape index (κ3) is 2.84. The van der Waals surface area contributed by atoms with E-state index in [1.165, 1.54) is 17.0 Å². The van der Waals surface area contributed by atoms with Gasteiger partial charge < -0.3 is 4.90 Å². The third-order valence-corrected chi connectivity index (χ3v) is 2.94. The third-order valence-electron chi connectivity index (χ3n) is 2.94. The van der Waals surface area contributed by atoms with Crippen molar-refractivity contribution in [2.45, 2.75) is 0 Å². The molecule has 20 heavy (non-hydrogen) atoms. The molecule has 0 saturated heterocycles. The van der Waals surface area contributed by atoms with Crippen LogP contribution < -0.4 is 10.4 Å². The second-order valence-corrected chi connectivity index (χ2v) is 4.22. The largest absolute Gasteiger partial charge is 0.311 e. The summed E-state index contributed by atoms with van der Waals surface area (Å²) in [4.78, 5) is 25.0. The molecule has 0 radical (unpaired) electrons. The lowest BCUT2D eigenvalue weighted by molar-refractivity contribution is 0.0706. The molecule has 0 aromatic heterocycles. The van der Waals surface area contributed by atoms with E-state index in [-0.39, 0.29) is 11.5 Å². The maximum atomic E-state index is 12.3. The van der Waals surface area contributed by atoms with Crippen molar-refractivity contribution < 1.29 is 14.8 Å². The number of anilines is 1. The van der Waals surface area contributed by atoms with E-state index < -0.39 is 5.91 Å². The van der Waals surface area contributed by atoms with Crippen LogP contribution in [0.15, 0.2) is 54.6 Å². The van der Waals surface area contributed by atoms with Gasteiger partial charge in [0, 0.05) is 23.9 Å². The first-order valence-corrected chi connectivity index (χ1v) is 6.01. The highest BCUT2D eigenvalue weighted by Gasteiger charge is 2.13. The minimum Gasteiger partial charge on any atom is -0.311 e. The van der Waals surface area contributed by atoms with Crippen LogP contribution in [0.5, 0.6) is 0 Å². The van der Waals surface area contributed by atoms with Crippen LogP contribution in [0.3, 0.4) is 0 Å². The molecule has 0 aliphatic heterocycles. The monoisotopic (exact) mass is 270 g/mol. The van der Waals surface area contributed by atoms with Crippen LogP contribution in [0.2, 0.25) is 0 Å². The summed E-state index contributed by atoms with van der Waals surface area (Å²) in [5, 5.41) is 8.53. The molecule has 0 unspecified atom stereocenters. The Labute approximate surface area is 116 Å². The number of carbonyl (C=O) groups is 2. The quantitative estimate of drug-likeness (QED) is 0.662. The standard InChI is InChI=1S/C15H14N2O3/c1-17(13-5-3-2-4-6-13)15(19)12-9-7-11(8-10-12)14(18)16-20/h2-10,20H,1H3,(H,16,18). The smallest absolute Gasteiger partial charge is 0.274 e. The zero-order valence-corrected chi connectivity index (χ0v) is 10.9. The van der Waals surface area contributed by atoms with Gasteiger partial charge in [0.05, 0.1) is 0 Å². The number of carbonyl (C=O) groups excluding carboxylic acids is 2. The van der Waals surface area contributed by atoms with Crippen molar-refractivity contribution in [3.63, 3.8) is 0 Å². The number of para-hydroxylation sites is 1. The van der Waals surface area contributed by atoms with Crippen LogP contribution in [-0.2, 0) is 0 Å². The number of nitrogens with one attached hydrogen (secondary N) is 1. The number of hydrogen-bond donors (Lipinski definition) is 2. The van der Waals surface area contributed by atoms with Crippen LogP contribution in [0.25, 0.3) is 0 Å². The van der Waals surface area contributed by atoms with E-state index in [0.717, 1.165) is 5.69 Å². The highest BCUT2D eigenvalue weighted by Crippen LogP contribution is 2.15. The van der Waals surface area contributed by atoms with Gasteiger partial charge in [0.2, 0.25) is 0 Å². The Bertz CT molecular complexity index is 609. The van der Waals surface area contributed by atoms with E-state index >= 15 is 0 Å². The van der Waals surface area contributed by atoms with Gasteiger partial charge in [-0.1, -0.05) is 18.2 Å². The summed E-state index contributed by atoms with van der Waals surface area (Å²) in [6.07, 6.45) is 0. The van der Waals surface area contributed by atoms with Crippen LogP contribution in [0.4, 0.5) is 5.69 Å². The van der Waals surface area contributed by atoms with Crippen LogP contribution in [-0.4, -0.2) is 24.1 Å². The molecule has 102 valence electrons. The van der Waals surface area contributed by atoms with Gasteiger partial charge in [-0.2, -0.15) is 0 Å². The Morgan fingerprint density at radius 2 is 1.50 bits per heavy atom.